The van der Waals surface area contributed by atoms with Crippen LogP contribution in [0.4, 0.5) is 0 Å². The minimum absolute atomic E-state index is 0.0783. The predicted molar refractivity (Wildman–Crippen MR) is 70.1 cm³/mol. The number of carbonyl (C=O) groups excluding carboxylic acids is 1. The Labute approximate surface area is 107 Å². The Morgan fingerprint density at radius 2 is 2.06 bits per heavy atom. The molecule has 100 valence electrons. The zero-order valence-electron chi connectivity index (χ0n) is 10.4. The van der Waals surface area contributed by atoms with Crippen molar-refractivity contribution < 1.29 is 14.7 Å². The van der Waals surface area contributed by atoms with E-state index in [2.05, 4.69) is 5.32 Å². The molecule has 1 amide bonds. The van der Waals surface area contributed by atoms with E-state index in [-0.39, 0.29) is 11.9 Å². The number of hydrogen-bond donors (Lipinski definition) is 3. The van der Waals surface area contributed by atoms with Crippen LogP contribution in [-0.4, -0.2) is 41.1 Å². The summed E-state index contributed by atoms with van der Waals surface area (Å²) in [7, 11) is 0. The first-order valence-corrected chi connectivity index (χ1v) is 7.13. The molecule has 2 unspecified atom stereocenters. The van der Waals surface area contributed by atoms with Gasteiger partial charge in [-0.05, 0) is 38.2 Å². The molecule has 6 heteroatoms. The molecule has 0 fully saturated rings. The third-order valence-electron chi connectivity index (χ3n) is 2.31. The molecule has 0 aromatic rings. The van der Waals surface area contributed by atoms with Crippen LogP contribution in [0.1, 0.15) is 32.6 Å². The summed E-state index contributed by atoms with van der Waals surface area (Å²) in [6.07, 6.45) is 4.16. The van der Waals surface area contributed by atoms with Crippen LogP contribution in [0, 0.1) is 0 Å². The maximum absolute atomic E-state index is 11.5. The second-order valence-corrected chi connectivity index (χ2v) is 5.09. The predicted octanol–water partition coefficient (Wildman–Crippen LogP) is 0.826. The van der Waals surface area contributed by atoms with Crippen molar-refractivity contribution in [2.75, 3.05) is 12.0 Å². The highest BCUT2D eigenvalue weighted by molar-refractivity contribution is 7.98. The number of rotatable bonds is 9. The van der Waals surface area contributed by atoms with E-state index in [0.29, 0.717) is 19.3 Å². The summed E-state index contributed by atoms with van der Waals surface area (Å²) in [4.78, 5) is 22.4. The minimum Gasteiger partial charge on any atom is -0.480 e. The average Bonchev–Trinajstić information content (AvgIpc) is 2.23. The normalized spacial score (nSPS) is 14.1. The number of nitrogens with two attached hydrogens (primary N) is 1. The van der Waals surface area contributed by atoms with Crippen LogP contribution in [-0.2, 0) is 9.59 Å². The first-order chi connectivity index (χ1) is 7.97. The van der Waals surface area contributed by atoms with E-state index in [4.69, 9.17) is 10.8 Å². The van der Waals surface area contributed by atoms with Crippen molar-refractivity contribution in [3.8, 4) is 0 Å². The molecular formula is C11H22N2O3S. The first-order valence-electron chi connectivity index (χ1n) is 5.74. The van der Waals surface area contributed by atoms with Crippen LogP contribution in [0.3, 0.4) is 0 Å². The number of carboxylic acid groups (broad SMARTS) is 1. The average molecular weight is 262 g/mol. The SMILES string of the molecule is CSCCC(NC(=O)CCCC(C)N)C(=O)O. The van der Waals surface area contributed by atoms with Crippen molar-refractivity contribution >= 4 is 23.6 Å². The van der Waals surface area contributed by atoms with Crippen LogP contribution >= 0.6 is 11.8 Å². The molecule has 0 aromatic heterocycles. The number of nitrogens with one attached hydrogen (secondary N) is 1. The van der Waals surface area contributed by atoms with Crippen molar-refractivity contribution in [1.82, 2.24) is 5.32 Å². The van der Waals surface area contributed by atoms with Gasteiger partial charge in [-0.3, -0.25) is 4.79 Å². The van der Waals surface area contributed by atoms with Gasteiger partial charge in [0.2, 0.25) is 5.91 Å². The summed E-state index contributed by atoms with van der Waals surface area (Å²) in [5, 5.41) is 11.5. The highest BCUT2D eigenvalue weighted by atomic mass is 32.2. The Kier molecular flexibility index (Phi) is 8.89. The summed E-state index contributed by atoms with van der Waals surface area (Å²) in [6.45, 7) is 1.89. The van der Waals surface area contributed by atoms with E-state index in [0.717, 1.165) is 12.2 Å². The summed E-state index contributed by atoms with van der Waals surface area (Å²) in [6, 6.07) is -0.695. The fourth-order valence-electron chi connectivity index (χ4n) is 1.34. The van der Waals surface area contributed by atoms with Crippen LogP contribution < -0.4 is 11.1 Å². The second-order valence-electron chi connectivity index (χ2n) is 4.11. The molecule has 0 bridgehead atoms. The third kappa shape index (κ3) is 9.00. The molecule has 0 spiro atoms. The number of aliphatic carboxylic acids is 1. The standard InChI is InChI=1S/C11H22N2O3S/c1-8(12)4-3-5-10(14)13-9(11(15)16)6-7-17-2/h8-9H,3-7,12H2,1-2H3,(H,13,14)(H,15,16). The van der Waals surface area contributed by atoms with Crippen LogP contribution in [0.25, 0.3) is 0 Å². The van der Waals surface area contributed by atoms with Gasteiger partial charge in [0.25, 0.3) is 0 Å². The van der Waals surface area contributed by atoms with Gasteiger partial charge in [0.15, 0.2) is 0 Å². The molecule has 0 aliphatic heterocycles. The van der Waals surface area contributed by atoms with Gasteiger partial charge in [-0.1, -0.05) is 0 Å². The van der Waals surface area contributed by atoms with E-state index < -0.39 is 12.0 Å². The smallest absolute Gasteiger partial charge is 0.326 e. The molecule has 0 aliphatic rings. The maximum atomic E-state index is 11.5. The molecule has 0 saturated carbocycles. The van der Waals surface area contributed by atoms with Crippen LogP contribution in [0.5, 0.6) is 0 Å². The molecule has 0 radical (unpaired) electrons. The Bertz CT molecular complexity index is 247. The van der Waals surface area contributed by atoms with Gasteiger partial charge in [0, 0.05) is 12.5 Å². The van der Waals surface area contributed by atoms with E-state index in [9.17, 15) is 9.59 Å². The lowest BCUT2D eigenvalue weighted by Gasteiger charge is -2.14. The molecule has 0 heterocycles. The van der Waals surface area contributed by atoms with Crippen molar-refractivity contribution in [3.63, 3.8) is 0 Å². The summed E-state index contributed by atoms with van der Waals surface area (Å²) >= 11 is 1.57. The van der Waals surface area contributed by atoms with Gasteiger partial charge in [-0.15, -0.1) is 0 Å². The third-order valence-corrected chi connectivity index (χ3v) is 2.95. The second kappa shape index (κ2) is 9.30. The molecule has 17 heavy (non-hydrogen) atoms. The number of thioether (sulfide) groups is 1. The van der Waals surface area contributed by atoms with E-state index >= 15 is 0 Å². The molecule has 2 atom stereocenters. The molecule has 0 saturated heterocycles. The summed E-state index contributed by atoms with van der Waals surface area (Å²) in [5.41, 5.74) is 5.57. The lowest BCUT2D eigenvalue weighted by atomic mass is 10.1. The Hall–Kier alpha value is -0.750. The fraction of sp³-hybridized carbons (Fsp3) is 0.818. The van der Waals surface area contributed by atoms with Crippen LogP contribution in [0.15, 0.2) is 0 Å². The zero-order valence-corrected chi connectivity index (χ0v) is 11.3. The largest absolute Gasteiger partial charge is 0.480 e. The Morgan fingerprint density at radius 3 is 2.53 bits per heavy atom. The molecule has 0 aromatic carbocycles. The van der Waals surface area contributed by atoms with Gasteiger partial charge in [0.05, 0.1) is 0 Å². The van der Waals surface area contributed by atoms with E-state index in [1.807, 2.05) is 13.2 Å². The topological polar surface area (TPSA) is 92.4 Å². The van der Waals surface area contributed by atoms with Crippen molar-refractivity contribution in [2.24, 2.45) is 5.73 Å². The first kappa shape index (κ1) is 16.2. The zero-order chi connectivity index (χ0) is 13.3. The molecule has 4 N–H and O–H groups in total. The number of carbonyl (C=O) groups is 2. The Balaban J connectivity index is 3.91. The van der Waals surface area contributed by atoms with Gasteiger partial charge in [-0.2, -0.15) is 11.8 Å². The molecular weight excluding hydrogens is 240 g/mol. The highest BCUT2D eigenvalue weighted by Crippen LogP contribution is 2.03. The number of hydrogen-bond acceptors (Lipinski definition) is 4. The summed E-state index contributed by atoms with van der Waals surface area (Å²) < 4.78 is 0. The Morgan fingerprint density at radius 1 is 1.41 bits per heavy atom. The molecule has 0 aliphatic carbocycles. The highest BCUT2D eigenvalue weighted by Gasteiger charge is 2.18. The van der Waals surface area contributed by atoms with Crippen molar-refractivity contribution in [3.05, 3.63) is 0 Å². The van der Waals surface area contributed by atoms with E-state index in [1.54, 1.807) is 11.8 Å². The quantitative estimate of drug-likeness (QED) is 0.572. The molecule has 0 rings (SSSR count). The van der Waals surface area contributed by atoms with Crippen molar-refractivity contribution in [1.29, 1.82) is 0 Å². The monoisotopic (exact) mass is 262 g/mol. The lowest BCUT2D eigenvalue weighted by molar-refractivity contribution is -0.141. The van der Waals surface area contributed by atoms with Gasteiger partial charge in [0.1, 0.15) is 6.04 Å². The fourth-order valence-corrected chi connectivity index (χ4v) is 1.82. The van der Waals surface area contributed by atoms with Crippen molar-refractivity contribution in [2.45, 2.75) is 44.7 Å². The van der Waals surface area contributed by atoms with Gasteiger partial charge < -0.3 is 16.2 Å². The number of carboxylic acids is 1. The van der Waals surface area contributed by atoms with E-state index in [1.165, 1.54) is 0 Å². The summed E-state index contributed by atoms with van der Waals surface area (Å²) in [5.74, 6) is -0.462. The van der Waals surface area contributed by atoms with Gasteiger partial charge >= 0.3 is 5.97 Å². The van der Waals surface area contributed by atoms with Crippen LogP contribution in [0.2, 0.25) is 0 Å². The van der Waals surface area contributed by atoms with Gasteiger partial charge in [-0.25, -0.2) is 4.79 Å². The maximum Gasteiger partial charge on any atom is 0.326 e. The molecule has 5 nitrogen and oxygen atoms in total. The number of amides is 1. The lowest BCUT2D eigenvalue weighted by Crippen LogP contribution is -2.41. The minimum atomic E-state index is -0.973.